The second-order valence-corrected chi connectivity index (χ2v) is 12.3. The summed E-state index contributed by atoms with van der Waals surface area (Å²) in [5.74, 6) is 0.428. The van der Waals surface area contributed by atoms with E-state index in [1.54, 1.807) is 0 Å². The molecule has 7 heteroatoms. The molecule has 1 aliphatic rings. The summed E-state index contributed by atoms with van der Waals surface area (Å²) in [5, 5.41) is 0.110. The zero-order valence-electron chi connectivity index (χ0n) is 13.3. The normalized spacial score (nSPS) is 31.8. The van der Waals surface area contributed by atoms with Crippen molar-refractivity contribution in [2.45, 2.75) is 63.3 Å². The fourth-order valence-corrected chi connectivity index (χ4v) is 3.04. The molecule has 1 fully saturated rings. The van der Waals surface area contributed by atoms with Gasteiger partial charge in [-0.1, -0.05) is 20.8 Å². The molecule has 0 N–H and O–H groups in total. The van der Waals surface area contributed by atoms with Crippen molar-refractivity contribution in [3.05, 3.63) is 0 Å². The third-order valence-corrected chi connectivity index (χ3v) is 8.99. The van der Waals surface area contributed by atoms with Gasteiger partial charge in [-0.25, -0.2) is 4.39 Å². The topological polar surface area (TPSA) is 27.7 Å². The van der Waals surface area contributed by atoms with Crippen LogP contribution >= 0.6 is 11.8 Å². The summed E-state index contributed by atoms with van der Waals surface area (Å²) in [6.45, 7) is 11.2. The van der Waals surface area contributed by atoms with Gasteiger partial charge in [0.05, 0.1) is 18.5 Å². The van der Waals surface area contributed by atoms with Crippen LogP contribution in [0, 0.1) is 0 Å². The predicted octanol–water partition coefficient (Wildman–Crippen LogP) is 2.95. The third kappa shape index (κ3) is 4.47. The minimum Gasteiger partial charge on any atom is -0.414 e. The number of rotatable bonds is 6. The van der Waals surface area contributed by atoms with Crippen LogP contribution in [-0.2, 0) is 13.9 Å². The SMILES string of the molecule is [B]C1O[C@H](CO[Si](C)(C)C(C)(C)C)C(OCSC)C1F. The van der Waals surface area contributed by atoms with Crippen molar-refractivity contribution in [3.63, 3.8) is 0 Å². The van der Waals surface area contributed by atoms with E-state index in [1.807, 2.05) is 6.26 Å². The van der Waals surface area contributed by atoms with Crippen LogP contribution < -0.4 is 0 Å². The van der Waals surface area contributed by atoms with E-state index in [0.29, 0.717) is 12.5 Å². The molecule has 1 heterocycles. The zero-order valence-corrected chi connectivity index (χ0v) is 15.1. The number of ether oxygens (including phenoxy) is 2. The number of halogens is 1. The quantitative estimate of drug-likeness (QED) is 0.555. The first-order chi connectivity index (χ1) is 9.10. The number of hydrogen-bond donors (Lipinski definition) is 0. The molecule has 3 nitrogen and oxygen atoms in total. The Morgan fingerprint density at radius 1 is 1.35 bits per heavy atom. The highest BCUT2D eigenvalue weighted by atomic mass is 32.2. The summed E-state index contributed by atoms with van der Waals surface area (Å²) < 4.78 is 31.0. The van der Waals surface area contributed by atoms with Crippen molar-refractivity contribution < 1.29 is 18.3 Å². The molecule has 1 saturated heterocycles. The van der Waals surface area contributed by atoms with Gasteiger partial charge in [0.15, 0.2) is 8.32 Å². The van der Waals surface area contributed by atoms with E-state index in [0.717, 1.165) is 0 Å². The molecule has 4 atom stereocenters. The number of hydrogen-bond acceptors (Lipinski definition) is 4. The van der Waals surface area contributed by atoms with E-state index in [2.05, 4.69) is 33.9 Å². The van der Waals surface area contributed by atoms with Gasteiger partial charge in [0, 0.05) is 0 Å². The average Bonchev–Trinajstić information content (AvgIpc) is 2.59. The van der Waals surface area contributed by atoms with E-state index in [4.69, 9.17) is 21.7 Å². The molecule has 3 unspecified atom stereocenters. The van der Waals surface area contributed by atoms with Crippen molar-refractivity contribution in [2.24, 2.45) is 0 Å². The zero-order chi connectivity index (χ0) is 15.6. The Bertz CT molecular complexity index is 314. The van der Waals surface area contributed by atoms with Crippen molar-refractivity contribution in [3.8, 4) is 0 Å². The molecular weight excluding hydrogens is 294 g/mol. The molecule has 0 saturated carbocycles. The van der Waals surface area contributed by atoms with Crippen molar-refractivity contribution in [1.29, 1.82) is 0 Å². The van der Waals surface area contributed by atoms with Gasteiger partial charge in [-0.05, 0) is 24.4 Å². The van der Waals surface area contributed by atoms with Gasteiger partial charge in [0.1, 0.15) is 26.2 Å². The van der Waals surface area contributed by atoms with Crippen LogP contribution in [0.25, 0.3) is 0 Å². The highest BCUT2D eigenvalue weighted by molar-refractivity contribution is 7.98. The van der Waals surface area contributed by atoms with Crippen LogP contribution in [0.15, 0.2) is 0 Å². The van der Waals surface area contributed by atoms with E-state index in [9.17, 15) is 4.39 Å². The van der Waals surface area contributed by atoms with E-state index in [1.165, 1.54) is 11.8 Å². The van der Waals surface area contributed by atoms with E-state index >= 15 is 0 Å². The molecule has 1 rings (SSSR count). The molecule has 116 valence electrons. The second-order valence-electron chi connectivity index (χ2n) is 6.69. The molecule has 0 aliphatic carbocycles. The number of thioether (sulfide) groups is 1. The summed E-state index contributed by atoms with van der Waals surface area (Å²) in [5.41, 5.74) is 0. The van der Waals surface area contributed by atoms with Gasteiger partial charge in [-0.3, -0.25) is 0 Å². The maximum absolute atomic E-state index is 14.0. The monoisotopic (exact) mass is 320 g/mol. The summed E-state index contributed by atoms with van der Waals surface area (Å²) in [6, 6.07) is -0.921. The van der Waals surface area contributed by atoms with E-state index in [-0.39, 0.29) is 5.04 Å². The lowest BCUT2D eigenvalue weighted by molar-refractivity contribution is -0.0267. The Hall–Kier alpha value is 0.442. The summed E-state index contributed by atoms with van der Waals surface area (Å²) >= 11 is 1.50. The van der Waals surface area contributed by atoms with Gasteiger partial charge in [-0.2, -0.15) is 0 Å². The molecule has 20 heavy (non-hydrogen) atoms. The average molecular weight is 320 g/mol. The first-order valence-electron chi connectivity index (χ1n) is 6.90. The Labute approximate surface area is 128 Å². The third-order valence-electron chi connectivity index (χ3n) is 4.12. The van der Waals surface area contributed by atoms with Crippen LogP contribution in [0.1, 0.15) is 20.8 Å². The molecule has 0 aromatic rings. The lowest BCUT2D eigenvalue weighted by Crippen LogP contribution is -2.44. The lowest BCUT2D eigenvalue weighted by atomic mass is 9.94. The molecule has 0 aromatic carbocycles. The lowest BCUT2D eigenvalue weighted by Gasteiger charge is -2.37. The Kier molecular flexibility index (Phi) is 6.60. The highest BCUT2D eigenvalue weighted by Gasteiger charge is 2.45. The highest BCUT2D eigenvalue weighted by Crippen LogP contribution is 2.37. The minimum atomic E-state index is -1.88. The maximum atomic E-state index is 14.0. The minimum absolute atomic E-state index is 0.110. The Balaban J connectivity index is 2.61. The van der Waals surface area contributed by atoms with Crippen LogP contribution in [-0.4, -0.2) is 59.3 Å². The van der Waals surface area contributed by atoms with Gasteiger partial charge in [-0.15, -0.1) is 11.8 Å². The molecular formula is C13H26BFO3SSi. The second kappa shape index (κ2) is 7.14. The summed E-state index contributed by atoms with van der Waals surface area (Å²) in [4.78, 5) is 0. The maximum Gasteiger partial charge on any atom is 0.192 e. The van der Waals surface area contributed by atoms with Crippen LogP contribution in [0.2, 0.25) is 18.1 Å². The van der Waals surface area contributed by atoms with Crippen molar-refractivity contribution in [1.82, 2.24) is 0 Å². The molecule has 0 aromatic heterocycles. The standard InChI is InChI=1S/C13H26BFO3SSi/c1-13(2,3)20(5,6)17-7-9-11(16-8-19-4)10(15)12(14)18-9/h9-12H,7-8H2,1-6H3/t9-,10?,11?,12?/m1/s1. The van der Waals surface area contributed by atoms with Crippen molar-refractivity contribution >= 4 is 27.9 Å². The molecule has 0 amide bonds. The Morgan fingerprint density at radius 2 is 1.95 bits per heavy atom. The van der Waals surface area contributed by atoms with Crippen molar-refractivity contribution in [2.75, 3.05) is 18.8 Å². The molecule has 0 bridgehead atoms. The van der Waals surface area contributed by atoms with Gasteiger partial charge in [0.25, 0.3) is 0 Å². The van der Waals surface area contributed by atoms with Gasteiger partial charge < -0.3 is 13.9 Å². The van der Waals surface area contributed by atoms with Gasteiger partial charge in [0.2, 0.25) is 0 Å². The largest absolute Gasteiger partial charge is 0.414 e. The first-order valence-corrected chi connectivity index (χ1v) is 11.2. The van der Waals surface area contributed by atoms with Crippen LogP contribution in [0.4, 0.5) is 4.39 Å². The van der Waals surface area contributed by atoms with Crippen LogP contribution in [0.3, 0.4) is 0 Å². The molecule has 2 radical (unpaired) electrons. The summed E-state index contributed by atoms with van der Waals surface area (Å²) in [6.07, 6.45) is -0.455. The predicted molar refractivity (Wildman–Crippen MR) is 85.7 cm³/mol. The summed E-state index contributed by atoms with van der Waals surface area (Å²) in [7, 11) is 3.75. The number of alkyl halides is 1. The van der Waals surface area contributed by atoms with Crippen LogP contribution in [0.5, 0.6) is 0 Å². The smallest absolute Gasteiger partial charge is 0.192 e. The van der Waals surface area contributed by atoms with Gasteiger partial charge >= 0.3 is 0 Å². The molecule has 0 spiro atoms. The first kappa shape index (κ1) is 18.5. The Morgan fingerprint density at radius 3 is 2.45 bits per heavy atom. The van der Waals surface area contributed by atoms with E-state index < -0.39 is 32.7 Å². The fraction of sp³-hybridized carbons (Fsp3) is 1.00. The molecule has 1 aliphatic heterocycles. The fourth-order valence-electron chi connectivity index (χ4n) is 1.73.